The van der Waals surface area contributed by atoms with Gasteiger partial charge in [-0.15, -0.1) is 0 Å². The summed E-state index contributed by atoms with van der Waals surface area (Å²) in [5, 5.41) is 27.8. The second-order valence-electron chi connectivity index (χ2n) is 2.58. The zero-order valence-corrected chi connectivity index (χ0v) is 7.44. The van der Waals surface area contributed by atoms with E-state index in [1.807, 2.05) is 0 Å². The van der Waals surface area contributed by atoms with E-state index in [1.165, 1.54) is 0 Å². The van der Waals surface area contributed by atoms with Gasteiger partial charge in [-0.2, -0.15) is 0 Å². The van der Waals surface area contributed by atoms with Crippen LogP contribution in [0.4, 0.5) is 0 Å². The van der Waals surface area contributed by atoms with E-state index in [0.717, 1.165) is 0 Å². The van der Waals surface area contributed by atoms with E-state index >= 15 is 0 Å². The quantitative estimate of drug-likeness (QED) is 0.522. The number of rotatable bonds is 2. The Morgan fingerprint density at radius 3 is 2.55 bits per heavy atom. The molecule has 1 fully saturated rings. The SMILES string of the molecule is OC1COC(C(O)CBr)C1O. The van der Waals surface area contributed by atoms with Gasteiger partial charge in [-0.3, -0.25) is 0 Å². The molecule has 1 rings (SSSR count). The first-order valence-corrected chi connectivity index (χ1v) is 4.50. The number of hydrogen-bond acceptors (Lipinski definition) is 4. The summed E-state index contributed by atoms with van der Waals surface area (Å²) >= 11 is 3.05. The highest BCUT2D eigenvalue weighted by molar-refractivity contribution is 9.09. The van der Waals surface area contributed by atoms with Crippen LogP contribution >= 0.6 is 15.9 Å². The number of alkyl halides is 1. The van der Waals surface area contributed by atoms with Crippen molar-refractivity contribution in [2.75, 3.05) is 11.9 Å². The molecule has 0 amide bonds. The van der Waals surface area contributed by atoms with Crippen LogP contribution in [0.1, 0.15) is 0 Å². The van der Waals surface area contributed by atoms with Crippen LogP contribution in [0.3, 0.4) is 0 Å². The van der Waals surface area contributed by atoms with Gasteiger partial charge < -0.3 is 20.1 Å². The predicted octanol–water partition coefficient (Wildman–Crippen LogP) is -1.14. The molecule has 4 nitrogen and oxygen atoms in total. The molecule has 0 bridgehead atoms. The third-order valence-electron chi connectivity index (χ3n) is 1.73. The van der Waals surface area contributed by atoms with Crippen molar-refractivity contribution in [3.63, 3.8) is 0 Å². The third-order valence-corrected chi connectivity index (χ3v) is 2.39. The number of aliphatic hydroxyl groups is 3. The number of hydrogen-bond donors (Lipinski definition) is 3. The Labute approximate surface area is 72.9 Å². The second-order valence-corrected chi connectivity index (χ2v) is 3.23. The molecule has 0 aliphatic carbocycles. The molecule has 11 heavy (non-hydrogen) atoms. The van der Waals surface area contributed by atoms with Crippen molar-refractivity contribution in [1.29, 1.82) is 0 Å². The first kappa shape index (κ1) is 9.41. The van der Waals surface area contributed by atoms with Crippen LogP contribution in [0.2, 0.25) is 0 Å². The van der Waals surface area contributed by atoms with Gasteiger partial charge in [0.15, 0.2) is 0 Å². The molecule has 1 heterocycles. The van der Waals surface area contributed by atoms with Crippen molar-refractivity contribution in [1.82, 2.24) is 0 Å². The van der Waals surface area contributed by atoms with Crippen molar-refractivity contribution in [3.05, 3.63) is 0 Å². The maximum Gasteiger partial charge on any atom is 0.113 e. The Balaban J connectivity index is 2.47. The molecule has 0 radical (unpaired) electrons. The van der Waals surface area contributed by atoms with Crippen LogP contribution in [0.15, 0.2) is 0 Å². The largest absolute Gasteiger partial charge is 0.389 e. The van der Waals surface area contributed by atoms with Crippen LogP contribution in [0.5, 0.6) is 0 Å². The minimum Gasteiger partial charge on any atom is -0.389 e. The Kier molecular flexibility index (Phi) is 3.27. The van der Waals surface area contributed by atoms with Gasteiger partial charge in [0, 0.05) is 5.33 Å². The van der Waals surface area contributed by atoms with Crippen LogP contribution < -0.4 is 0 Å². The van der Waals surface area contributed by atoms with E-state index in [2.05, 4.69) is 15.9 Å². The Bertz CT molecular complexity index is 132. The monoisotopic (exact) mass is 226 g/mol. The fourth-order valence-electron chi connectivity index (χ4n) is 1.05. The molecule has 0 aromatic heterocycles. The molecule has 1 saturated heterocycles. The first-order valence-electron chi connectivity index (χ1n) is 3.38. The van der Waals surface area contributed by atoms with Crippen molar-refractivity contribution in [2.45, 2.75) is 24.4 Å². The lowest BCUT2D eigenvalue weighted by molar-refractivity contribution is -0.0407. The van der Waals surface area contributed by atoms with E-state index in [-0.39, 0.29) is 6.61 Å². The molecular weight excluding hydrogens is 216 g/mol. The van der Waals surface area contributed by atoms with Crippen LogP contribution in [0.25, 0.3) is 0 Å². The molecule has 1 aliphatic rings. The van der Waals surface area contributed by atoms with E-state index in [4.69, 9.17) is 9.84 Å². The van der Waals surface area contributed by atoms with Gasteiger partial charge in [-0.05, 0) is 0 Å². The fourth-order valence-corrected chi connectivity index (χ4v) is 1.42. The van der Waals surface area contributed by atoms with Gasteiger partial charge >= 0.3 is 0 Å². The lowest BCUT2D eigenvalue weighted by Gasteiger charge is -2.18. The normalized spacial score (nSPS) is 40.9. The molecule has 4 unspecified atom stereocenters. The van der Waals surface area contributed by atoms with Gasteiger partial charge in [0.25, 0.3) is 0 Å². The average Bonchev–Trinajstić information content (AvgIpc) is 2.32. The van der Waals surface area contributed by atoms with Crippen molar-refractivity contribution in [2.24, 2.45) is 0 Å². The Hall–Kier alpha value is 0.320. The van der Waals surface area contributed by atoms with Gasteiger partial charge in [0.2, 0.25) is 0 Å². The summed E-state index contributed by atoms with van der Waals surface area (Å²) in [7, 11) is 0. The zero-order valence-electron chi connectivity index (χ0n) is 5.85. The summed E-state index contributed by atoms with van der Waals surface area (Å²) in [4.78, 5) is 0. The average molecular weight is 227 g/mol. The second kappa shape index (κ2) is 3.82. The molecule has 3 N–H and O–H groups in total. The lowest BCUT2D eigenvalue weighted by Crippen LogP contribution is -2.39. The van der Waals surface area contributed by atoms with Crippen LogP contribution in [-0.4, -0.2) is 51.7 Å². The Morgan fingerprint density at radius 1 is 1.55 bits per heavy atom. The number of halogens is 1. The minimum absolute atomic E-state index is 0.0931. The van der Waals surface area contributed by atoms with Crippen molar-refractivity contribution < 1.29 is 20.1 Å². The maximum absolute atomic E-state index is 9.20. The first-order chi connectivity index (χ1) is 5.16. The fraction of sp³-hybridized carbons (Fsp3) is 1.00. The van der Waals surface area contributed by atoms with Crippen molar-refractivity contribution >= 4 is 15.9 Å². The molecule has 66 valence electrons. The van der Waals surface area contributed by atoms with Gasteiger partial charge in [-0.25, -0.2) is 0 Å². The van der Waals surface area contributed by atoms with E-state index in [1.54, 1.807) is 0 Å². The molecule has 1 aliphatic heterocycles. The summed E-state index contributed by atoms with van der Waals surface area (Å²) in [6.45, 7) is 0.0931. The highest BCUT2D eigenvalue weighted by atomic mass is 79.9. The molecule has 0 spiro atoms. The summed E-state index contributed by atoms with van der Waals surface area (Å²) in [5.74, 6) is 0. The zero-order chi connectivity index (χ0) is 8.43. The summed E-state index contributed by atoms with van der Waals surface area (Å²) in [5.41, 5.74) is 0. The third kappa shape index (κ3) is 1.91. The van der Waals surface area contributed by atoms with Crippen LogP contribution in [0, 0.1) is 0 Å². The van der Waals surface area contributed by atoms with Crippen LogP contribution in [-0.2, 0) is 4.74 Å². The topological polar surface area (TPSA) is 69.9 Å². The highest BCUT2D eigenvalue weighted by Crippen LogP contribution is 2.18. The van der Waals surface area contributed by atoms with Gasteiger partial charge in [-0.1, -0.05) is 15.9 Å². The van der Waals surface area contributed by atoms with Gasteiger partial charge in [0.1, 0.15) is 18.3 Å². The number of ether oxygens (including phenoxy) is 1. The molecule has 0 saturated carbocycles. The Morgan fingerprint density at radius 2 is 2.18 bits per heavy atom. The maximum atomic E-state index is 9.20. The standard InChI is InChI=1S/C6H11BrO4/c7-1-3(8)6-5(10)4(9)2-11-6/h3-6,8-10H,1-2H2. The minimum atomic E-state index is -0.970. The molecule has 5 heteroatoms. The lowest BCUT2D eigenvalue weighted by atomic mass is 10.1. The molecule has 4 atom stereocenters. The molecule has 0 aromatic rings. The smallest absolute Gasteiger partial charge is 0.113 e. The highest BCUT2D eigenvalue weighted by Gasteiger charge is 2.38. The summed E-state index contributed by atoms with van der Waals surface area (Å²) in [6.07, 6.45) is -3.26. The predicted molar refractivity (Wildman–Crippen MR) is 41.6 cm³/mol. The van der Waals surface area contributed by atoms with Gasteiger partial charge in [0.05, 0.1) is 12.7 Å². The van der Waals surface area contributed by atoms with E-state index in [9.17, 15) is 10.2 Å². The summed E-state index contributed by atoms with van der Waals surface area (Å²) < 4.78 is 4.95. The molecular formula is C6H11BrO4. The van der Waals surface area contributed by atoms with E-state index < -0.39 is 24.4 Å². The summed E-state index contributed by atoms with van der Waals surface area (Å²) in [6, 6.07) is 0. The number of aliphatic hydroxyl groups excluding tert-OH is 3. The van der Waals surface area contributed by atoms with E-state index in [0.29, 0.717) is 5.33 Å². The molecule has 0 aromatic carbocycles. The van der Waals surface area contributed by atoms with Crippen molar-refractivity contribution in [3.8, 4) is 0 Å².